The fourth-order valence-corrected chi connectivity index (χ4v) is 1.55. The fraction of sp³-hybridized carbons (Fsp3) is 0.0769. The molecule has 0 atom stereocenters. The summed E-state index contributed by atoms with van der Waals surface area (Å²) >= 11 is 0. The molecule has 0 aliphatic rings. The molecular weight excluding hydrogens is 252 g/mol. The number of hydrogen-bond donors (Lipinski definition) is 2. The van der Waals surface area contributed by atoms with Crippen LogP contribution in [-0.4, -0.2) is 10.9 Å². The van der Waals surface area contributed by atoms with Gasteiger partial charge in [0.15, 0.2) is 5.82 Å². The molecule has 6 heteroatoms. The van der Waals surface area contributed by atoms with E-state index in [9.17, 15) is 13.6 Å². The van der Waals surface area contributed by atoms with Crippen LogP contribution in [0.1, 0.15) is 15.9 Å². The molecule has 19 heavy (non-hydrogen) atoms. The number of hydrogen-bond acceptors (Lipinski definition) is 3. The number of aryl methyl sites for hydroxylation is 1. The summed E-state index contributed by atoms with van der Waals surface area (Å²) in [6.07, 6.45) is 1.34. The van der Waals surface area contributed by atoms with Crippen LogP contribution in [0.15, 0.2) is 30.5 Å². The van der Waals surface area contributed by atoms with Crippen molar-refractivity contribution in [1.82, 2.24) is 4.98 Å². The molecular formula is C13H11F2N3O. The first-order valence-electron chi connectivity index (χ1n) is 5.46. The number of aromatic nitrogens is 1. The van der Waals surface area contributed by atoms with Crippen LogP contribution < -0.4 is 11.1 Å². The van der Waals surface area contributed by atoms with Crippen LogP contribution in [0, 0.1) is 18.6 Å². The maximum absolute atomic E-state index is 13.7. The van der Waals surface area contributed by atoms with Crippen molar-refractivity contribution >= 4 is 17.4 Å². The zero-order valence-electron chi connectivity index (χ0n) is 10.1. The van der Waals surface area contributed by atoms with E-state index in [0.717, 1.165) is 6.07 Å². The number of carbonyl (C=O) groups excluding carboxylic acids is 1. The van der Waals surface area contributed by atoms with E-state index < -0.39 is 23.2 Å². The second-order valence-electron chi connectivity index (χ2n) is 3.98. The summed E-state index contributed by atoms with van der Waals surface area (Å²) in [4.78, 5) is 15.6. The molecule has 0 radical (unpaired) electrons. The van der Waals surface area contributed by atoms with Crippen molar-refractivity contribution in [3.05, 3.63) is 53.2 Å². The second kappa shape index (κ2) is 5.01. The van der Waals surface area contributed by atoms with Gasteiger partial charge in [0.25, 0.3) is 5.91 Å². The standard InChI is InChI=1S/C13H11F2N3O/c1-7-2-3-9(14)12(11(7)15)18-13(19)8-4-5-17-10(16)6-8/h2-6H,1H3,(H2,16,17)(H,18,19). The van der Waals surface area contributed by atoms with E-state index in [1.165, 1.54) is 31.3 Å². The molecule has 0 aliphatic heterocycles. The van der Waals surface area contributed by atoms with Gasteiger partial charge in [-0.3, -0.25) is 4.79 Å². The summed E-state index contributed by atoms with van der Waals surface area (Å²) in [7, 11) is 0. The Morgan fingerprint density at radius 3 is 2.74 bits per heavy atom. The number of nitrogens with zero attached hydrogens (tertiary/aromatic N) is 1. The molecule has 0 spiro atoms. The van der Waals surface area contributed by atoms with E-state index in [2.05, 4.69) is 10.3 Å². The van der Waals surface area contributed by atoms with E-state index >= 15 is 0 Å². The van der Waals surface area contributed by atoms with Crippen LogP contribution in [0.3, 0.4) is 0 Å². The summed E-state index contributed by atoms with van der Waals surface area (Å²) in [5.41, 5.74) is 5.38. The lowest BCUT2D eigenvalue weighted by atomic mass is 10.2. The first kappa shape index (κ1) is 12.9. The molecule has 4 nitrogen and oxygen atoms in total. The van der Waals surface area contributed by atoms with Crippen molar-refractivity contribution in [3.63, 3.8) is 0 Å². The number of benzene rings is 1. The van der Waals surface area contributed by atoms with Gasteiger partial charge in [-0.1, -0.05) is 6.07 Å². The monoisotopic (exact) mass is 263 g/mol. The number of nitrogens with one attached hydrogen (secondary N) is 1. The smallest absolute Gasteiger partial charge is 0.256 e. The predicted molar refractivity (Wildman–Crippen MR) is 67.7 cm³/mol. The van der Waals surface area contributed by atoms with Gasteiger partial charge in [0.05, 0.1) is 0 Å². The molecule has 0 aliphatic carbocycles. The van der Waals surface area contributed by atoms with Crippen LogP contribution in [-0.2, 0) is 0 Å². The van der Waals surface area contributed by atoms with Gasteiger partial charge in [0.2, 0.25) is 0 Å². The Kier molecular flexibility index (Phi) is 3.41. The molecule has 3 N–H and O–H groups in total. The van der Waals surface area contributed by atoms with Crippen LogP contribution >= 0.6 is 0 Å². The van der Waals surface area contributed by atoms with Crippen molar-refractivity contribution in [2.24, 2.45) is 0 Å². The Morgan fingerprint density at radius 1 is 1.32 bits per heavy atom. The number of rotatable bonds is 2. The average Bonchev–Trinajstić information content (AvgIpc) is 2.39. The van der Waals surface area contributed by atoms with Crippen molar-refractivity contribution in [3.8, 4) is 0 Å². The van der Waals surface area contributed by atoms with E-state index in [-0.39, 0.29) is 16.9 Å². The quantitative estimate of drug-likeness (QED) is 0.874. The van der Waals surface area contributed by atoms with Gasteiger partial charge < -0.3 is 11.1 Å². The highest BCUT2D eigenvalue weighted by Crippen LogP contribution is 2.22. The van der Waals surface area contributed by atoms with Gasteiger partial charge in [-0.15, -0.1) is 0 Å². The third kappa shape index (κ3) is 2.67. The summed E-state index contributed by atoms with van der Waals surface area (Å²) in [6, 6.07) is 5.11. The normalized spacial score (nSPS) is 10.3. The molecule has 0 bridgehead atoms. The lowest BCUT2D eigenvalue weighted by Crippen LogP contribution is -2.15. The minimum atomic E-state index is -0.835. The van der Waals surface area contributed by atoms with Gasteiger partial charge in [-0.05, 0) is 30.7 Å². The molecule has 1 heterocycles. The van der Waals surface area contributed by atoms with Crippen LogP contribution in [0.4, 0.5) is 20.3 Å². The molecule has 0 unspecified atom stereocenters. The second-order valence-corrected chi connectivity index (χ2v) is 3.98. The number of amides is 1. The van der Waals surface area contributed by atoms with Crippen LogP contribution in [0.5, 0.6) is 0 Å². The lowest BCUT2D eigenvalue weighted by molar-refractivity contribution is 0.102. The fourth-order valence-electron chi connectivity index (χ4n) is 1.55. The summed E-state index contributed by atoms with van der Waals surface area (Å²) in [5, 5.41) is 2.19. The summed E-state index contributed by atoms with van der Waals surface area (Å²) in [5.74, 6) is -2.14. The number of pyridine rings is 1. The maximum Gasteiger partial charge on any atom is 0.256 e. The van der Waals surface area contributed by atoms with Crippen LogP contribution in [0.25, 0.3) is 0 Å². The largest absolute Gasteiger partial charge is 0.384 e. The van der Waals surface area contributed by atoms with Gasteiger partial charge in [0, 0.05) is 11.8 Å². The highest BCUT2D eigenvalue weighted by atomic mass is 19.1. The summed E-state index contributed by atoms with van der Waals surface area (Å²) in [6.45, 7) is 1.48. The minimum absolute atomic E-state index is 0.151. The van der Waals surface area contributed by atoms with Crippen molar-refractivity contribution < 1.29 is 13.6 Å². The van der Waals surface area contributed by atoms with E-state index in [4.69, 9.17) is 5.73 Å². The number of carbonyl (C=O) groups is 1. The molecule has 1 amide bonds. The van der Waals surface area contributed by atoms with Gasteiger partial charge >= 0.3 is 0 Å². The van der Waals surface area contributed by atoms with E-state index in [1.807, 2.05) is 0 Å². The number of halogens is 2. The highest BCUT2D eigenvalue weighted by molar-refractivity contribution is 6.04. The van der Waals surface area contributed by atoms with Crippen molar-refractivity contribution in [2.45, 2.75) is 6.92 Å². The number of nitrogen functional groups attached to an aromatic ring is 1. The molecule has 0 saturated heterocycles. The zero-order valence-corrected chi connectivity index (χ0v) is 10.1. The molecule has 1 aromatic carbocycles. The van der Waals surface area contributed by atoms with Crippen molar-refractivity contribution in [1.29, 1.82) is 0 Å². The predicted octanol–water partition coefficient (Wildman–Crippen LogP) is 2.50. The number of nitrogens with two attached hydrogens (primary N) is 1. The lowest BCUT2D eigenvalue weighted by Gasteiger charge is -2.09. The maximum atomic E-state index is 13.7. The van der Waals surface area contributed by atoms with Crippen LogP contribution in [0.2, 0.25) is 0 Å². The van der Waals surface area contributed by atoms with Gasteiger partial charge in [-0.25, -0.2) is 13.8 Å². The Labute approximate surface area is 108 Å². The Hall–Kier alpha value is -2.50. The SMILES string of the molecule is Cc1ccc(F)c(NC(=O)c2ccnc(N)c2)c1F. The first-order valence-corrected chi connectivity index (χ1v) is 5.46. The minimum Gasteiger partial charge on any atom is -0.384 e. The molecule has 0 saturated carbocycles. The van der Waals surface area contributed by atoms with E-state index in [0.29, 0.717) is 0 Å². The third-order valence-corrected chi connectivity index (χ3v) is 2.57. The molecule has 2 aromatic rings. The Bertz CT molecular complexity index is 644. The Balaban J connectivity index is 2.32. The topological polar surface area (TPSA) is 68.0 Å². The first-order chi connectivity index (χ1) is 8.99. The van der Waals surface area contributed by atoms with E-state index in [1.54, 1.807) is 0 Å². The summed E-state index contributed by atoms with van der Waals surface area (Å²) < 4.78 is 27.2. The molecule has 2 rings (SSSR count). The third-order valence-electron chi connectivity index (χ3n) is 2.57. The Morgan fingerprint density at radius 2 is 2.05 bits per heavy atom. The zero-order chi connectivity index (χ0) is 14.0. The molecule has 1 aromatic heterocycles. The van der Waals surface area contributed by atoms with Gasteiger partial charge in [-0.2, -0.15) is 0 Å². The van der Waals surface area contributed by atoms with Crippen molar-refractivity contribution in [2.75, 3.05) is 11.1 Å². The average molecular weight is 263 g/mol. The molecule has 98 valence electrons. The molecule has 0 fully saturated rings. The van der Waals surface area contributed by atoms with Gasteiger partial charge in [0.1, 0.15) is 17.3 Å². The number of anilines is 2. The highest BCUT2D eigenvalue weighted by Gasteiger charge is 2.15.